The molecular weight excluding hydrogens is 408 g/mol. The second-order valence-electron chi connectivity index (χ2n) is 5.72. The van der Waals surface area contributed by atoms with Crippen molar-refractivity contribution in [3.8, 4) is 0 Å². The smallest absolute Gasteiger partial charge is 0.257 e. The molecule has 0 spiro atoms. The van der Waals surface area contributed by atoms with Crippen LogP contribution in [0.4, 0.5) is 5.13 Å². The lowest BCUT2D eigenvalue weighted by Gasteiger charge is -2.26. The summed E-state index contributed by atoms with van der Waals surface area (Å²) in [5, 5.41) is 11.1. The van der Waals surface area contributed by atoms with Crippen LogP contribution in [-0.2, 0) is 14.8 Å². The molecule has 2 heterocycles. The van der Waals surface area contributed by atoms with Gasteiger partial charge in [0.1, 0.15) is 0 Å². The summed E-state index contributed by atoms with van der Waals surface area (Å²) < 4.78 is 32.6. The van der Waals surface area contributed by atoms with Gasteiger partial charge in [-0.15, -0.1) is 10.2 Å². The van der Waals surface area contributed by atoms with E-state index in [4.69, 9.17) is 4.74 Å². The van der Waals surface area contributed by atoms with Gasteiger partial charge in [-0.2, -0.15) is 4.31 Å². The number of morpholine rings is 1. The van der Waals surface area contributed by atoms with Crippen LogP contribution in [0, 0.1) is 0 Å². The maximum Gasteiger partial charge on any atom is 0.257 e. The molecule has 1 fully saturated rings. The van der Waals surface area contributed by atoms with E-state index in [9.17, 15) is 13.2 Å². The Morgan fingerprint density at radius 3 is 2.63 bits per heavy atom. The monoisotopic (exact) mass is 428 g/mol. The molecule has 1 saturated heterocycles. The minimum atomic E-state index is -3.57. The zero-order valence-electron chi connectivity index (χ0n) is 14.8. The van der Waals surface area contributed by atoms with Crippen molar-refractivity contribution < 1.29 is 17.9 Å². The van der Waals surface area contributed by atoms with Crippen molar-refractivity contribution in [1.82, 2.24) is 14.5 Å². The first kappa shape index (κ1) is 20.2. The highest BCUT2D eigenvalue weighted by molar-refractivity contribution is 8.01. The number of nitrogens with one attached hydrogen (secondary N) is 1. The highest BCUT2D eigenvalue weighted by Gasteiger charge is 2.26. The molecule has 1 aromatic carbocycles. The topological polar surface area (TPSA) is 101 Å². The summed E-state index contributed by atoms with van der Waals surface area (Å²) in [6, 6.07) is 5.89. The first-order valence-electron chi connectivity index (χ1n) is 8.46. The Hall–Kier alpha value is -1.53. The van der Waals surface area contributed by atoms with Gasteiger partial charge in [0.25, 0.3) is 5.91 Å². The van der Waals surface area contributed by atoms with Crippen molar-refractivity contribution in [1.29, 1.82) is 0 Å². The predicted molar refractivity (Wildman–Crippen MR) is 105 cm³/mol. The van der Waals surface area contributed by atoms with E-state index in [1.807, 2.05) is 0 Å². The third kappa shape index (κ3) is 5.05. The van der Waals surface area contributed by atoms with Gasteiger partial charge in [0.15, 0.2) is 4.34 Å². The first-order valence-corrected chi connectivity index (χ1v) is 11.7. The summed E-state index contributed by atoms with van der Waals surface area (Å²) >= 11 is 2.91. The van der Waals surface area contributed by atoms with E-state index in [1.54, 1.807) is 11.8 Å². The fourth-order valence-corrected chi connectivity index (χ4v) is 5.47. The molecule has 0 bridgehead atoms. The summed E-state index contributed by atoms with van der Waals surface area (Å²) in [5.74, 6) is 0.593. The third-order valence-corrected chi connectivity index (χ3v) is 7.87. The summed E-state index contributed by atoms with van der Waals surface area (Å²) in [6.07, 6.45) is 1.03. The average molecular weight is 429 g/mol. The van der Waals surface area contributed by atoms with Crippen molar-refractivity contribution in [3.63, 3.8) is 0 Å². The van der Waals surface area contributed by atoms with Crippen molar-refractivity contribution in [2.75, 3.05) is 37.4 Å². The van der Waals surface area contributed by atoms with Crippen molar-refractivity contribution in [3.05, 3.63) is 29.8 Å². The third-order valence-electron chi connectivity index (χ3n) is 3.78. The number of carbonyl (C=O) groups excluding carboxylic acids is 1. The van der Waals surface area contributed by atoms with Gasteiger partial charge in [0, 0.05) is 24.4 Å². The Kier molecular flexibility index (Phi) is 6.82. The number of ether oxygens (including phenoxy) is 1. The number of nitrogens with zero attached hydrogens (tertiary/aromatic N) is 3. The standard InChI is InChI=1S/C16H20N4O4S3/c1-2-11-25-16-19-18-15(26-16)17-14(21)12-3-5-13(6-4-12)27(22,23)20-7-9-24-10-8-20/h3-6H,2,7-11H2,1H3,(H,17,18,21). The second kappa shape index (κ2) is 9.11. The van der Waals surface area contributed by atoms with Crippen LogP contribution in [0.5, 0.6) is 0 Å². The maximum atomic E-state index is 12.6. The average Bonchev–Trinajstić information content (AvgIpc) is 3.14. The molecule has 1 aliphatic heterocycles. The molecule has 2 aromatic rings. The summed E-state index contributed by atoms with van der Waals surface area (Å²) in [4.78, 5) is 12.5. The van der Waals surface area contributed by atoms with E-state index in [2.05, 4.69) is 22.4 Å². The summed E-state index contributed by atoms with van der Waals surface area (Å²) in [7, 11) is -3.57. The molecule has 27 heavy (non-hydrogen) atoms. The Morgan fingerprint density at radius 1 is 1.26 bits per heavy atom. The van der Waals surface area contributed by atoms with Crippen molar-refractivity contribution in [2.45, 2.75) is 22.6 Å². The number of hydrogen-bond donors (Lipinski definition) is 1. The molecule has 0 aliphatic carbocycles. The van der Waals surface area contributed by atoms with Crippen molar-refractivity contribution in [2.24, 2.45) is 0 Å². The molecule has 0 atom stereocenters. The Bertz CT molecular complexity index is 877. The molecule has 0 radical (unpaired) electrons. The molecule has 0 unspecified atom stereocenters. The molecular formula is C16H20N4O4S3. The van der Waals surface area contributed by atoms with E-state index in [0.29, 0.717) is 37.0 Å². The number of aromatic nitrogens is 2. The van der Waals surface area contributed by atoms with E-state index >= 15 is 0 Å². The maximum absolute atomic E-state index is 12.6. The highest BCUT2D eigenvalue weighted by atomic mass is 32.2. The molecule has 3 rings (SSSR count). The summed E-state index contributed by atoms with van der Waals surface area (Å²) in [6.45, 7) is 3.53. The number of anilines is 1. The number of thioether (sulfide) groups is 1. The second-order valence-corrected chi connectivity index (χ2v) is 9.97. The highest BCUT2D eigenvalue weighted by Crippen LogP contribution is 2.26. The van der Waals surface area contributed by atoms with Crippen LogP contribution >= 0.6 is 23.1 Å². The zero-order chi connectivity index (χ0) is 19.3. The van der Waals surface area contributed by atoms with Gasteiger partial charge in [-0.3, -0.25) is 10.1 Å². The largest absolute Gasteiger partial charge is 0.379 e. The first-order chi connectivity index (χ1) is 13.0. The summed E-state index contributed by atoms with van der Waals surface area (Å²) in [5.41, 5.74) is 0.355. The molecule has 8 nitrogen and oxygen atoms in total. The Labute approximate surface area is 166 Å². The minimum Gasteiger partial charge on any atom is -0.379 e. The van der Waals surface area contributed by atoms with Gasteiger partial charge in [0.2, 0.25) is 15.2 Å². The van der Waals surface area contributed by atoms with E-state index in [1.165, 1.54) is 39.9 Å². The van der Waals surface area contributed by atoms with Gasteiger partial charge in [0.05, 0.1) is 18.1 Å². The number of sulfonamides is 1. The molecule has 1 amide bonds. The number of carbonyl (C=O) groups is 1. The van der Waals surface area contributed by atoms with Crippen LogP contribution in [0.25, 0.3) is 0 Å². The van der Waals surface area contributed by atoms with Gasteiger partial charge in [-0.25, -0.2) is 8.42 Å². The molecule has 1 N–H and O–H groups in total. The SMILES string of the molecule is CCCSc1nnc(NC(=O)c2ccc(S(=O)(=O)N3CCOCC3)cc2)s1. The van der Waals surface area contributed by atoms with Crippen LogP contribution < -0.4 is 5.32 Å². The van der Waals surface area contributed by atoms with Crippen LogP contribution in [0.2, 0.25) is 0 Å². The predicted octanol–water partition coefficient (Wildman–Crippen LogP) is 2.31. The fraction of sp³-hybridized carbons (Fsp3) is 0.438. The van der Waals surface area contributed by atoms with Crippen LogP contribution in [-0.4, -0.2) is 60.9 Å². The van der Waals surface area contributed by atoms with E-state index in [0.717, 1.165) is 16.5 Å². The quantitative estimate of drug-likeness (QED) is 0.533. The van der Waals surface area contributed by atoms with Crippen LogP contribution in [0.1, 0.15) is 23.7 Å². The lowest BCUT2D eigenvalue weighted by atomic mass is 10.2. The number of hydrogen-bond acceptors (Lipinski definition) is 8. The zero-order valence-corrected chi connectivity index (χ0v) is 17.2. The van der Waals surface area contributed by atoms with Crippen LogP contribution in [0.3, 0.4) is 0 Å². The molecule has 11 heteroatoms. The number of amides is 1. The van der Waals surface area contributed by atoms with Gasteiger partial charge < -0.3 is 4.74 Å². The number of rotatable bonds is 7. The van der Waals surface area contributed by atoms with Crippen LogP contribution in [0.15, 0.2) is 33.5 Å². The molecule has 1 aliphatic rings. The lowest BCUT2D eigenvalue weighted by Crippen LogP contribution is -2.40. The molecule has 0 saturated carbocycles. The van der Waals surface area contributed by atoms with Gasteiger partial charge in [-0.1, -0.05) is 30.0 Å². The Balaban J connectivity index is 1.65. The molecule has 146 valence electrons. The van der Waals surface area contributed by atoms with Crippen molar-refractivity contribution >= 4 is 44.2 Å². The normalized spacial score (nSPS) is 15.6. The Morgan fingerprint density at radius 2 is 1.96 bits per heavy atom. The fourth-order valence-electron chi connectivity index (χ4n) is 2.39. The van der Waals surface area contributed by atoms with E-state index in [-0.39, 0.29) is 10.8 Å². The van der Waals surface area contributed by atoms with Gasteiger partial charge in [-0.05, 0) is 30.7 Å². The lowest BCUT2D eigenvalue weighted by molar-refractivity contribution is 0.0730. The van der Waals surface area contributed by atoms with Gasteiger partial charge >= 0.3 is 0 Å². The molecule has 1 aromatic heterocycles. The number of benzene rings is 1. The van der Waals surface area contributed by atoms with E-state index < -0.39 is 10.0 Å². The minimum absolute atomic E-state index is 0.162.